The normalized spacial score (nSPS) is 14.4. The molecule has 2 heterocycles. The molecule has 0 aliphatic heterocycles. The first kappa shape index (κ1) is 30.5. The van der Waals surface area contributed by atoms with Gasteiger partial charge in [0.15, 0.2) is 21.3 Å². The number of aromatic nitrogens is 3. The van der Waals surface area contributed by atoms with Crippen LogP contribution in [0, 0.1) is 11.6 Å². The Kier molecular flexibility index (Phi) is 8.51. The van der Waals surface area contributed by atoms with Crippen molar-refractivity contribution in [3.8, 4) is 11.1 Å². The summed E-state index contributed by atoms with van der Waals surface area (Å²) in [6.07, 6.45) is -0.424. The number of carbonyl (C=O) groups is 1. The van der Waals surface area contributed by atoms with Gasteiger partial charge in [-0.1, -0.05) is 18.2 Å². The minimum Gasteiger partial charge on any atom is -0.298 e. The van der Waals surface area contributed by atoms with Crippen LogP contribution in [0.2, 0.25) is 0 Å². The van der Waals surface area contributed by atoms with E-state index in [0.29, 0.717) is 41.8 Å². The Bertz CT molecular complexity index is 1760. The SMILES string of the molecule is CS(=O)(=O)c1cccc(-c2cccnc2[C@@H](CC(=O)Cn2nc(C(F)(F)F)c3c2CCCC3)Cc2cc(F)cc(F)c2)c1. The fraction of sp³-hybridized carbons (Fsp3) is 0.323. The Morgan fingerprint density at radius 2 is 1.72 bits per heavy atom. The molecule has 6 nitrogen and oxygen atoms in total. The van der Waals surface area contributed by atoms with E-state index in [1.807, 2.05) is 0 Å². The van der Waals surface area contributed by atoms with Gasteiger partial charge in [-0.15, -0.1) is 0 Å². The van der Waals surface area contributed by atoms with Crippen molar-refractivity contribution in [1.29, 1.82) is 0 Å². The molecule has 0 N–H and O–H groups in total. The lowest BCUT2D eigenvalue weighted by atomic mass is 9.87. The standard InChI is InChI=1S/C31H28F5N3O3S/c1-43(41,42)25-7-4-6-20(16-25)26-9-5-11-37-29(26)21(12-19-13-22(32)17-23(33)14-19)15-24(40)18-39-28-10-3-2-8-27(28)30(38-39)31(34,35)36/h4-7,9,11,13-14,16-17,21H,2-3,8,10,12,15,18H2,1H3/t21-/m1/s1. The summed E-state index contributed by atoms with van der Waals surface area (Å²) in [5, 5.41) is 3.79. The molecule has 1 aliphatic rings. The summed E-state index contributed by atoms with van der Waals surface area (Å²) in [6, 6.07) is 12.5. The Morgan fingerprint density at radius 3 is 2.42 bits per heavy atom. The molecule has 0 spiro atoms. The van der Waals surface area contributed by atoms with E-state index in [4.69, 9.17) is 0 Å². The lowest BCUT2D eigenvalue weighted by Crippen LogP contribution is -2.19. The van der Waals surface area contributed by atoms with Crippen LogP contribution in [0.25, 0.3) is 11.1 Å². The van der Waals surface area contributed by atoms with Crippen molar-refractivity contribution >= 4 is 15.6 Å². The summed E-state index contributed by atoms with van der Waals surface area (Å²) in [4.78, 5) is 18.1. The maximum atomic E-state index is 14.1. The molecular formula is C31H28F5N3O3S. The van der Waals surface area contributed by atoms with Gasteiger partial charge in [-0.25, -0.2) is 17.2 Å². The van der Waals surface area contributed by atoms with Gasteiger partial charge < -0.3 is 0 Å². The van der Waals surface area contributed by atoms with Gasteiger partial charge in [0.2, 0.25) is 0 Å². The number of carbonyl (C=O) groups excluding carboxylic acids is 1. The van der Waals surface area contributed by atoms with Crippen molar-refractivity contribution in [3.63, 3.8) is 0 Å². The predicted octanol–water partition coefficient (Wildman–Crippen LogP) is 6.51. The number of sulfone groups is 1. The predicted molar refractivity (Wildman–Crippen MR) is 149 cm³/mol. The average Bonchev–Trinajstić information content (AvgIpc) is 3.31. The summed E-state index contributed by atoms with van der Waals surface area (Å²) in [5.74, 6) is -2.79. The summed E-state index contributed by atoms with van der Waals surface area (Å²) in [6.45, 7) is -0.405. The number of benzene rings is 2. The summed E-state index contributed by atoms with van der Waals surface area (Å²) in [7, 11) is -3.54. The number of alkyl halides is 3. The maximum Gasteiger partial charge on any atom is 0.435 e. The first-order valence-electron chi connectivity index (χ1n) is 13.7. The molecular weight excluding hydrogens is 589 g/mol. The van der Waals surface area contributed by atoms with E-state index in [-0.39, 0.29) is 35.3 Å². The minimum absolute atomic E-state index is 0.0127. The van der Waals surface area contributed by atoms with Crippen LogP contribution in [0.5, 0.6) is 0 Å². The molecule has 1 atom stereocenters. The highest BCUT2D eigenvalue weighted by atomic mass is 32.2. The van der Waals surface area contributed by atoms with Crippen molar-refractivity contribution in [1.82, 2.24) is 14.8 Å². The van der Waals surface area contributed by atoms with Crippen LogP contribution < -0.4 is 0 Å². The zero-order chi connectivity index (χ0) is 30.9. The van der Waals surface area contributed by atoms with E-state index in [1.54, 1.807) is 24.3 Å². The van der Waals surface area contributed by atoms with Crippen molar-refractivity contribution in [2.45, 2.75) is 62.1 Å². The molecule has 2 aromatic carbocycles. The third kappa shape index (κ3) is 7.01. The molecule has 0 amide bonds. The molecule has 43 heavy (non-hydrogen) atoms. The molecule has 5 rings (SSSR count). The zero-order valence-electron chi connectivity index (χ0n) is 23.2. The van der Waals surface area contributed by atoms with E-state index >= 15 is 0 Å². The van der Waals surface area contributed by atoms with Crippen LogP contribution in [0.3, 0.4) is 0 Å². The van der Waals surface area contributed by atoms with E-state index in [0.717, 1.165) is 29.1 Å². The van der Waals surface area contributed by atoms with Crippen molar-refractivity contribution in [2.24, 2.45) is 0 Å². The first-order chi connectivity index (χ1) is 20.3. The molecule has 1 aliphatic carbocycles. The highest BCUT2D eigenvalue weighted by Crippen LogP contribution is 2.37. The molecule has 0 saturated heterocycles. The molecule has 0 fully saturated rings. The number of hydrogen-bond acceptors (Lipinski definition) is 5. The van der Waals surface area contributed by atoms with Crippen LogP contribution >= 0.6 is 0 Å². The average molecular weight is 618 g/mol. The second-order valence-electron chi connectivity index (χ2n) is 10.8. The van der Waals surface area contributed by atoms with Gasteiger partial charge in [-0.05, 0) is 73.6 Å². The molecule has 0 bridgehead atoms. The van der Waals surface area contributed by atoms with Gasteiger partial charge in [-0.3, -0.25) is 14.5 Å². The van der Waals surface area contributed by atoms with Gasteiger partial charge in [0, 0.05) is 47.7 Å². The molecule has 0 saturated carbocycles. The fourth-order valence-corrected chi connectivity index (χ4v) is 6.36. The molecule has 2 aromatic heterocycles. The third-order valence-corrected chi connectivity index (χ3v) is 8.64. The highest BCUT2D eigenvalue weighted by Gasteiger charge is 2.39. The summed E-state index contributed by atoms with van der Waals surface area (Å²) >= 11 is 0. The topological polar surface area (TPSA) is 81.9 Å². The number of ketones is 1. The second kappa shape index (κ2) is 12.0. The lowest BCUT2D eigenvalue weighted by molar-refractivity contribution is -0.142. The highest BCUT2D eigenvalue weighted by molar-refractivity contribution is 7.90. The lowest BCUT2D eigenvalue weighted by Gasteiger charge is -2.20. The van der Waals surface area contributed by atoms with Crippen molar-refractivity contribution in [2.75, 3.05) is 6.26 Å². The Morgan fingerprint density at radius 1 is 1.00 bits per heavy atom. The number of rotatable bonds is 9. The molecule has 226 valence electrons. The maximum absolute atomic E-state index is 14.1. The Balaban J connectivity index is 1.53. The van der Waals surface area contributed by atoms with E-state index in [2.05, 4.69) is 10.1 Å². The summed E-state index contributed by atoms with van der Waals surface area (Å²) in [5.41, 5.74) is 1.20. The van der Waals surface area contributed by atoms with E-state index in [9.17, 15) is 35.2 Å². The Hall–Kier alpha value is -3.93. The van der Waals surface area contributed by atoms with Crippen molar-refractivity contribution < 1.29 is 35.2 Å². The number of halogens is 5. The van der Waals surface area contributed by atoms with Crippen LogP contribution in [0.4, 0.5) is 22.0 Å². The molecule has 0 radical (unpaired) electrons. The fourth-order valence-electron chi connectivity index (χ4n) is 5.70. The number of pyridine rings is 1. The molecule has 0 unspecified atom stereocenters. The molecule has 12 heteroatoms. The number of hydrogen-bond donors (Lipinski definition) is 0. The van der Waals surface area contributed by atoms with Gasteiger partial charge >= 0.3 is 6.18 Å². The van der Waals surface area contributed by atoms with Crippen LogP contribution in [-0.4, -0.2) is 35.2 Å². The van der Waals surface area contributed by atoms with Crippen LogP contribution in [0.1, 0.15) is 53.4 Å². The van der Waals surface area contributed by atoms with Gasteiger partial charge in [0.05, 0.1) is 17.1 Å². The number of Topliss-reactive ketones (excluding diaryl/α,β-unsaturated/α-hetero) is 1. The third-order valence-electron chi connectivity index (χ3n) is 7.53. The summed E-state index contributed by atoms with van der Waals surface area (Å²) < 4.78 is 94.9. The van der Waals surface area contributed by atoms with Crippen molar-refractivity contribution in [3.05, 3.63) is 101 Å². The van der Waals surface area contributed by atoms with Crippen LogP contribution in [-0.2, 0) is 46.6 Å². The minimum atomic E-state index is -4.65. The first-order valence-corrected chi connectivity index (χ1v) is 15.6. The second-order valence-corrected chi connectivity index (χ2v) is 12.8. The number of fused-ring (bicyclic) bond motifs is 1. The van der Waals surface area contributed by atoms with E-state index < -0.39 is 51.6 Å². The van der Waals surface area contributed by atoms with Gasteiger partial charge in [0.25, 0.3) is 0 Å². The van der Waals surface area contributed by atoms with Gasteiger partial charge in [0.1, 0.15) is 11.6 Å². The van der Waals surface area contributed by atoms with Gasteiger partial charge in [-0.2, -0.15) is 18.3 Å². The van der Waals surface area contributed by atoms with Crippen LogP contribution in [0.15, 0.2) is 65.7 Å². The Labute approximate surface area is 245 Å². The zero-order valence-corrected chi connectivity index (χ0v) is 24.0. The quantitative estimate of drug-likeness (QED) is 0.200. The van der Waals surface area contributed by atoms with E-state index in [1.165, 1.54) is 18.3 Å². The monoisotopic (exact) mass is 617 g/mol. The number of nitrogens with zero attached hydrogens (tertiary/aromatic N) is 3. The molecule has 4 aromatic rings. The smallest absolute Gasteiger partial charge is 0.298 e. The largest absolute Gasteiger partial charge is 0.435 e.